The number of nitrogens with zero attached hydrogens (tertiary/aromatic N) is 2. The van der Waals surface area contributed by atoms with E-state index in [0.717, 1.165) is 38.3 Å². The first kappa shape index (κ1) is 18.7. The molecule has 10 heteroatoms. The number of alkyl halides is 3. The van der Waals surface area contributed by atoms with E-state index in [1.54, 1.807) is 0 Å². The second kappa shape index (κ2) is 7.48. The van der Waals surface area contributed by atoms with Gasteiger partial charge in [-0.2, -0.15) is 18.4 Å². The number of halogens is 3. The minimum Gasteiger partial charge on any atom is -0.314 e. The van der Waals surface area contributed by atoms with Crippen LogP contribution in [0.3, 0.4) is 0 Å². The van der Waals surface area contributed by atoms with Gasteiger partial charge in [0.1, 0.15) is 0 Å². The van der Waals surface area contributed by atoms with E-state index in [2.05, 4.69) is 14.9 Å². The number of hydrogen-bond acceptors (Lipinski definition) is 5. The monoisotopic (exact) mass is 362 g/mol. The molecule has 1 fully saturated rings. The fourth-order valence-corrected chi connectivity index (χ4v) is 3.43. The van der Waals surface area contributed by atoms with Crippen LogP contribution < -0.4 is 10.0 Å². The normalized spacial score (nSPS) is 16.8. The van der Waals surface area contributed by atoms with Gasteiger partial charge < -0.3 is 5.32 Å². The van der Waals surface area contributed by atoms with E-state index in [0.29, 0.717) is 12.6 Å². The Morgan fingerprint density at radius 3 is 2.54 bits per heavy atom. The number of sulfonamides is 1. The summed E-state index contributed by atoms with van der Waals surface area (Å²) >= 11 is 0. The third kappa shape index (κ3) is 4.67. The second-order valence-electron chi connectivity index (χ2n) is 5.31. The Morgan fingerprint density at radius 1 is 1.29 bits per heavy atom. The third-order valence-corrected chi connectivity index (χ3v) is 5.12. The molecule has 0 atom stereocenters. The standard InChI is InChI=1S/C14H17F3N4O2S/c15-14(16,17)13-2-1-12(9-11(13)10-18)24(22,23)20-5-8-21-6-3-19-4-7-21/h1-2,9,19-20H,3-8H2. The molecule has 132 valence electrons. The van der Waals surface area contributed by atoms with Gasteiger partial charge in [0.25, 0.3) is 0 Å². The van der Waals surface area contributed by atoms with Crippen molar-refractivity contribution in [1.29, 1.82) is 5.26 Å². The van der Waals surface area contributed by atoms with Crippen molar-refractivity contribution in [1.82, 2.24) is 14.9 Å². The molecule has 0 radical (unpaired) electrons. The van der Waals surface area contributed by atoms with Crippen LogP contribution in [-0.2, 0) is 16.2 Å². The van der Waals surface area contributed by atoms with Gasteiger partial charge in [-0.25, -0.2) is 13.1 Å². The molecule has 0 spiro atoms. The van der Waals surface area contributed by atoms with E-state index in [4.69, 9.17) is 5.26 Å². The summed E-state index contributed by atoms with van der Waals surface area (Å²) in [7, 11) is -3.97. The Balaban J connectivity index is 2.07. The molecule has 1 aromatic rings. The van der Waals surface area contributed by atoms with Crippen molar-refractivity contribution in [2.24, 2.45) is 0 Å². The maximum atomic E-state index is 12.7. The van der Waals surface area contributed by atoms with E-state index in [-0.39, 0.29) is 11.4 Å². The maximum absolute atomic E-state index is 12.7. The topological polar surface area (TPSA) is 85.2 Å². The van der Waals surface area contributed by atoms with Gasteiger partial charge in [0.05, 0.1) is 22.1 Å². The van der Waals surface area contributed by atoms with Crippen molar-refractivity contribution in [2.45, 2.75) is 11.1 Å². The predicted octanol–water partition coefficient (Wildman–Crippen LogP) is 0.761. The lowest BCUT2D eigenvalue weighted by Gasteiger charge is -2.27. The first-order chi connectivity index (χ1) is 11.2. The summed E-state index contributed by atoms with van der Waals surface area (Å²) in [6.45, 7) is 3.92. The summed E-state index contributed by atoms with van der Waals surface area (Å²) < 4.78 is 64.9. The summed E-state index contributed by atoms with van der Waals surface area (Å²) in [5, 5.41) is 12.0. The van der Waals surface area contributed by atoms with Gasteiger partial charge in [-0.3, -0.25) is 4.90 Å². The van der Waals surface area contributed by atoms with E-state index >= 15 is 0 Å². The molecule has 0 bridgehead atoms. The highest BCUT2D eigenvalue weighted by Crippen LogP contribution is 2.32. The number of hydrogen-bond donors (Lipinski definition) is 2. The fraction of sp³-hybridized carbons (Fsp3) is 0.500. The Labute approximate surface area is 138 Å². The van der Waals surface area contributed by atoms with Crippen molar-refractivity contribution in [3.05, 3.63) is 29.3 Å². The summed E-state index contributed by atoms with van der Waals surface area (Å²) in [6.07, 6.45) is -4.71. The molecule has 1 aliphatic rings. The zero-order valence-corrected chi connectivity index (χ0v) is 13.5. The summed E-state index contributed by atoms with van der Waals surface area (Å²) in [4.78, 5) is 1.72. The van der Waals surface area contributed by atoms with Gasteiger partial charge in [-0.05, 0) is 18.2 Å². The fourth-order valence-electron chi connectivity index (χ4n) is 2.39. The van der Waals surface area contributed by atoms with Crippen molar-refractivity contribution in [2.75, 3.05) is 39.3 Å². The molecule has 1 aliphatic heterocycles. The lowest BCUT2D eigenvalue weighted by atomic mass is 10.1. The Kier molecular flexibility index (Phi) is 5.82. The zero-order valence-electron chi connectivity index (χ0n) is 12.7. The Morgan fingerprint density at radius 2 is 1.96 bits per heavy atom. The van der Waals surface area contributed by atoms with Crippen LogP contribution in [0.1, 0.15) is 11.1 Å². The van der Waals surface area contributed by atoms with Crippen LogP contribution in [0, 0.1) is 11.3 Å². The first-order valence-electron chi connectivity index (χ1n) is 7.28. The molecule has 2 rings (SSSR count). The van der Waals surface area contributed by atoms with Crippen LogP contribution in [0.5, 0.6) is 0 Å². The number of nitriles is 1. The van der Waals surface area contributed by atoms with Gasteiger partial charge >= 0.3 is 6.18 Å². The lowest BCUT2D eigenvalue weighted by molar-refractivity contribution is -0.137. The summed E-state index contributed by atoms with van der Waals surface area (Å²) in [6, 6.07) is 3.61. The number of benzene rings is 1. The number of rotatable bonds is 5. The van der Waals surface area contributed by atoms with Gasteiger partial charge in [0.2, 0.25) is 10.0 Å². The molecule has 24 heavy (non-hydrogen) atoms. The predicted molar refractivity (Wildman–Crippen MR) is 80.7 cm³/mol. The van der Waals surface area contributed by atoms with Gasteiger partial charge in [0.15, 0.2) is 0 Å². The van der Waals surface area contributed by atoms with E-state index in [1.807, 2.05) is 0 Å². The minimum atomic E-state index is -4.71. The number of nitrogens with one attached hydrogen (secondary N) is 2. The quantitative estimate of drug-likeness (QED) is 0.808. The molecule has 0 aromatic heterocycles. The van der Waals surface area contributed by atoms with E-state index < -0.39 is 27.3 Å². The molecule has 2 N–H and O–H groups in total. The summed E-state index contributed by atoms with van der Waals surface area (Å²) in [5.41, 5.74) is -1.86. The molecular weight excluding hydrogens is 345 g/mol. The molecule has 1 saturated heterocycles. The second-order valence-corrected chi connectivity index (χ2v) is 7.07. The molecule has 6 nitrogen and oxygen atoms in total. The van der Waals surface area contributed by atoms with Crippen molar-refractivity contribution in [3.8, 4) is 6.07 Å². The lowest BCUT2D eigenvalue weighted by Crippen LogP contribution is -2.46. The van der Waals surface area contributed by atoms with Gasteiger partial charge in [-0.15, -0.1) is 0 Å². The van der Waals surface area contributed by atoms with Crippen molar-refractivity contribution < 1.29 is 21.6 Å². The number of piperazine rings is 1. The Bertz CT molecular complexity index is 723. The molecule has 0 amide bonds. The van der Waals surface area contributed by atoms with Crippen LogP contribution in [0.2, 0.25) is 0 Å². The SMILES string of the molecule is N#Cc1cc(S(=O)(=O)NCCN2CCNCC2)ccc1C(F)(F)F. The van der Waals surface area contributed by atoms with Crippen molar-refractivity contribution >= 4 is 10.0 Å². The highest BCUT2D eigenvalue weighted by molar-refractivity contribution is 7.89. The minimum absolute atomic E-state index is 0.144. The average molecular weight is 362 g/mol. The zero-order chi connectivity index (χ0) is 17.8. The molecule has 0 aliphatic carbocycles. The van der Waals surface area contributed by atoms with Crippen LogP contribution in [0.4, 0.5) is 13.2 Å². The largest absolute Gasteiger partial charge is 0.417 e. The Hall–Kier alpha value is -1.67. The highest BCUT2D eigenvalue weighted by Gasteiger charge is 2.34. The van der Waals surface area contributed by atoms with E-state index in [1.165, 1.54) is 6.07 Å². The van der Waals surface area contributed by atoms with Gasteiger partial charge in [-0.1, -0.05) is 0 Å². The first-order valence-corrected chi connectivity index (χ1v) is 8.76. The molecule has 0 unspecified atom stereocenters. The molecule has 1 heterocycles. The smallest absolute Gasteiger partial charge is 0.314 e. The highest BCUT2D eigenvalue weighted by atomic mass is 32.2. The van der Waals surface area contributed by atoms with E-state index in [9.17, 15) is 21.6 Å². The average Bonchev–Trinajstić information content (AvgIpc) is 2.54. The van der Waals surface area contributed by atoms with Crippen LogP contribution in [0.15, 0.2) is 23.1 Å². The summed E-state index contributed by atoms with van der Waals surface area (Å²) in [5.74, 6) is 0. The van der Waals surface area contributed by atoms with Crippen LogP contribution in [0.25, 0.3) is 0 Å². The van der Waals surface area contributed by atoms with Crippen LogP contribution in [-0.4, -0.2) is 52.6 Å². The van der Waals surface area contributed by atoms with Crippen LogP contribution >= 0.6 is 0 Å². The third-order valence-electron chi connectivity index (χ3n) is 3.66. The van der Waals surface area contributed by atoms with Gasteiger partial charge in [0, 0.05) is 39.3 Å². The maximum Gasteiger partial charge on any atom is 0.417 e. The van der Waals surface area contributed by atoms with Crippen molar-refractivity contribution in [3.63, 3.8) is 0 Å². The molecular formula is C14H17F3N4O2S. The molecule has 0 saturated carbocycles. The molecule has 1 aromatic carbocycles.